The molecule has 0 amide bonds. The molecule has 3 heteroatoms. The Morgan fingerprint density at radius 3 is 3.06 bits per heavy atom. The molecule has 2 heterocycles. The quantitative estimate of drug-likeness (QED) is 0.879. The van der Waals surface area contributed by atoms with Gasteiger partial charge in [-0.3, -0.25) is 4.90 Å². The molecule has 0 spiro atoms. The summed E-state index contributed by atoms with van der Waals surface area (Å²) in [5.74, 6) is 0.925. The van der Waals surface area contributed by atoms with Crippen molar-refractivity contribution in [1.29, 1.82) is 0 Å². The maximum Gasteiger partial charge on any atom is 0.0296 e. The average molecular weight is 266 g/mol. The second-order valence-corrected chi connectivity index (χ2v) is 6.82. The number of likely N-dealkylation sites (tertiary alicyclic amines) is 1. The summed E-state index contributed by atoms with van der Waals surface area (Å²) >= 11 is 1.94. The monoisotopic (exact) mass is 266 g/mol. The molecule has 18 heavy (non-hydrogen) atoms. The number of thiophene rings is 1. The molecule has 1 aromatic heterocycles. The third-order valence-electron chi connectivity index (χ3n) is 4.00. The van der Waals surface area contributed by atoms with E-state index in [9.17, 15) is 0 Å². The van der Waals surface area contributed by atoms with E-state index in [4.69, 9.17) is 0 Å². The summed E-state index contributed by atoms with van der Waals surface area (Å²) in [6.45, 7) is 9.33. The fraction of sp³-hybridized carbons (Fsp3) is 0.733. The van der Waals surface area contributed by atoms with Gasteiger partial charge in [-0.2, -0.15) is 0 Å². The van der Waals surface area contributed by atoms with E-state index in [0.29, 0.717) is 0 Å². The van der Waals surface area contributed by atoms with Crippen LogP contribution in [0.4, 0.5) is 0 Å². The Morgan fingerprint density at radius 2 is 2.33 bits per heavy atom. The topological polar surface area (TPSA) is 15.3 Å². The lowest BCUT2D eigenvalue weighted by Gasteiger charge is -2.32. The molecule has 0 radical (unpaired) electrons. The third kappa shape index (κ3) is 3.56. The Morgan fingerprint density at radius 1 is 1.50 bits per heavy atom. The highest BCUT2D eigenvalue weighted by molar-refractivity contribution is 7.12. The van der Waals surface area contributed by atoms with Gasteiger partial charge < -0.3 is 5.32 Å². The first-order valence-corrected chi connectivity index (χ1v) is 7.99. The molecule has 2 nitrogen and oxygen atoms in total. The van der Waals surface area contributed by atoms with Crippen LogP contribution in [-0.2, 0) is 13.1 Å². The zero-order valence-corrected chi connectivity index (χ0v) is 12.8. The number of hydrogen-bond donors (Lipinski definition) is 1. The molecule has 102 valence electrons. The largest absolute Gasteiger partial charge is 0.315 e. The summed E-state index contributed by atoms with van der Waals surface area (Å²) in [6, 6.07) is 2.39. The van der Waals surface area contributed by atoms with Crippen molar-refractivity contribution in [1.82, 2.24) is 10.2 Å². The predicted molar refractivity (Wildman–Crippen MR) is 80.1 cm³/mol. The van der Waals surface area contributed by atoms with Crippen molar-refractivity contribution >= 4 is 11.3 Å². The van der Waals surface area contributed by atoms with Crippen molar-refractivity contribution in [2.75, 3.05) is 20.1 Å². The molecule has 0 saturated carbocycles. The van der Waals surface area contributed by atoms with Gasteiger partial charge in [0.2, 0.25) is 0 Å². The van der Waals surface area contributed by atoms with E-state index in [1.807, 2.05) is 18.4 Å². The van der Waals surface area contributed by atoms with Crippen LogP contribution in [0.1, 0.15) is 41.5 Å². The summed E-state index contributed by atoms with van der Waals surface area (Å²) in [5, 5.41) is 3.24. The van der Waals surface area contributed by atoms with Gasteiger partial charge in [0.1, 0.15) is 0 Å². The molecule has 0 aromatic carbocycles. The first-order chi connectivity index (χ1) is 8.72. The fourth-order valence-electron chi connectivity index (χ4n) is 2.87. The molecule has 1 atom stereocenters. The molecular weight excluding hydrogens is 240 g/mol. The van der Waals surface area contributed by atoms with Gasteiger partial charge in [-0.05, 0) is 50.9 Å². The van der Waals surface area contributed by atoms with Crippen LogP contribution in [0.15, 0.2) is 6.07 Å². The lowest BCUT2D eigenvalue weighted by Crippen LogP contribution is -2.34. The van der Waals surface area contributed by atoms with Gasteiger partial charge in [0.25, 0.3) is 0 Å². The Balaban J connectivity index is 1.95. The van der Waals surface area contributed by atoms with E-state index >= 15 is 0 Å². The molecule has 1 saturated heterocycles. The van der Waals surface area contributed by atoms with E-state index in [1.165, 1.54) is 42.1 Å². The SMILES string of the molecule is CCC1CCCN(Cc2cc(CNC)sc2C)C1. The fourth-order valence-corrected chi connectivity index (χ4v) is 3.94. The number of piperidine rings is 1. The Hall–Kier alpha value is -0.380. The number of nitrogens with zero attached hydrogens (tertiary/aromatic N) is 1. The van der Waals surface area contributed by atoms with Gasteiger partial charge in [0.05, 0.1) is 0 Å². The van der Waals surface area contributed by atoms with Crippen LogP contribution in [0.2, 0.25) is 0 Å². The number of rotatable bonds is 5. The second-order valence-electron chi connectivity index (χ2n) is 5.48. The van der Waals surface area contributed by atoms with Crippen molar-refractivity contribution in [3.8, 4) is 0 Å². The number of hydrogen-bond acceptors (Lipinski definition) is 3. The summed E-state index contributed by atoms with van der Waals surface area (Å²) in [5.41, 5.74) is 1.54. The van der Waals surface area contributed by atoms with Crippen molar-refractivity contribution in [3.63, 3.8) is 0 Å². The zero-order chi connectivity index (χ0) is 13.0. The van der Waals surface area contributed by atoms with Gasteiger partial charge in [0, 0.05) is 29.4 Å². The lowest BCUT2D eigenvalue weighted by molar-refractivity contribution is 0.164. The maximum atomic E-state index is 3.24. The molecule has 1 aromatic rings. The summed E-state index contributed by atoms with van der Waals surface area (Å²) in [6.07, 6.45) is 4.15. The predicted octanol–water partition coefficient (Wildman–Crippen LogP) is 3.40. The van der Waals surface area contributed by atoms with Crippen molar-refractivity contribution in [2.24, 2.45) is 5.92 Å². The zero-order valence-electron chi connectivity index (χ0n) is 12.0. The molecule has 1 fully saturated rings. The van der Waals surface area contributed by atoms with Gasteiger partial charge in [-0.1, -0.05) is 13.3 Å². The number of aryl methyl sites for hydroxylation is 1. The molecule has 0 aliphatic carbocycles. The Labute approximate surface area is 115 Å². The third-order valence-corrected chi connectivity index (χ3v) is 5.09. The highest BCUT2D eigenvalue weighted by Gasteiger charge is 2.19. The van der Waals surface area contributed by atoms with Crippen LogP contribution in [-0.4, -0.2) is 25.0 Å². The molecular formula is C15H26N2S. The highest BCUT2D eigenvalue weighted by atomic mass is 32.1. The van der Waals surface area contributed by atoms with Gasteiger partial charge in [-0.15, -0.1) is 11.3 Å². The van der Waals surface area contributed by atoms with E-state index in [0.717, 1.165) is 19.0 Å². The van der Waals surface area contributed by atoms with Crippen LogP contribution in [0.3, 0.4) is 0 Å². The first kappa shape index (κ1) is 14.0. The minimum absolute atomic E-state index is 0.925. The highest BCUT2D eigenvalue weighted by Crippen LogP contribution is 2.26. The van der Waals surface area contributed by atoms with Crippen LogP contribution in [0.25, 0.3) is 0 Å². The molecule has 1 N–H and O–H groups in total. The lowest BCUT2D eigenvalue weighted by atomic mass is 9.95. The van der Waals surface area contributed by atoms with E-state index in [-0.39, 0.29) is 0 Å². The molecule has 1 unspecified atom stereocenters. The van der Waals surface area contributed by atoms with Crippen molar-refractivity contribution < 1.29 is 0 Å². The minimum Gasteiger partial charge on any atom is -0.315 e. The van der Waals surface area contributed by atoms with E-state index in [2.05, 4.69) is 30.1 Å². The van der Waals surface area contributed by atoms with Crippen molar-refractivity contribution in [2.45, 2.75) is 46.2 Å². The second kappa shape index (κ2) is 6.69. The normalized spacial score (nSPS) is 21.4. The van der Waals surface area contributed by atoms with Crippen LogP contribution >= 0.6 is 11.3 Å². The standard InChI is InChI=1S/C15H26N2S/c1-4-13-6-5-7-17(10-13)11-14-8-15(9-16-3)18-12(14)2/h8,13,16H,4-7,9-11H2,1-3H3. The summed E-state index contributed by atoms with van der Waals surface area (Å²) in [4.78, 5) is 5.61. The number of nitrogens with one attached hydrogen (secondary N) is 1. The Kier molecular flexibility index (Phi) is 5.22. The van der Waals surface area contributed by atoms with E-state index < -0.39 is 0 Å². The Bertz CT molecular complexity index is 373. The van der Waals surface area contributed by atoms with Crippen LogP contribution < -0.4 is 5.32 Å². The summed E-state index contributed by atoms with van der Waals surface area (Å²) < 4.78 is 0. The minimum atomic E-state index is 0.925. The van der Waals surface area contributed by atoms with Gasteiger partial charge in [-0.25, -0.2) is 0 Å². The van der Waals surface area contributed by atoms with Crippen LogP contribution in [0, 0.1) is 12.8 Å². The molecule has 2 rings (SSSR count). The molecule has 0 bridgehead atoms. The smallest absolute Gasteiger partial charge is 0.0296 e. The summed E-state index contributed by atoms with van der Waals surface area (Å²) in [7, 11) is 2.02. The van der Waals surface area contributed by atoms with Crippen LogP contribution in [0.5, 0.6) is 0 Å². The van der Waals surface area contributed by atoms with Crippen molar-refractivity contribution in [3.05, 3.63) is 21.4 Å². The van der Waals surface area contributed by atoms with Gasteiger partial charge >= 0.3 is 0 Å². The maximum absolute atomic E-state index is 3.24. The molecule has 1 aliphatic heterocycles. The average Bonchev–Trinajstić information content (AvgIpc) is 2.70. The van der Waals surface area contributed by atoms with Gasteiger partial charge in [0.15, 0.2) is 0 Å². The van der Waals surface area contributed by atoms with E-state index in [1.54, 1.807) is 5.56 Å². The first-order valence-electron chi connectivity index (χ1n) is 7.18. The molecule has 1 aliphatic rings.